The van der Waals surface area contributed by atoms with Crippen LogP contribution in [0.2, 0.25) is 0 Å². The number of nitrogens with zero attached hydrogens (tertiary/aromatic N) is 5. The summed E-state index contributed by atoms with van der Waals surface area (Å²) in [5.41, 5.74) is 8.71. The number of benzene rings is 1. The van der Waals surface area contributed by atoms with Gasteiger partial charge in [-0.3, -0.25) is 19.7 Å². The molecule has 0 saturated carbocycles. The monoisotopic (exact) mass is 394 g/mol. The van der Waals surface area contributed by atoms with E-state index in [4.69, 9.17) is 5.73 Å². The summed E-state index contributed by atoms with van der Waals surface area (Å²) in [5.74, 6) is 0.714. The van der Waals surface area contributed by atoms with E-state index in [9.17, 15) is 10.1 Å². The van der Waals surface area contributed by atoms with Gasteiger partial charge in [0.1, 0.15) is 22.9 Å². The minimum Gasteiger partial charge on any atom is -0.368 e. The maximum Gasteiger partial charge on any atom is 0.149 e. The Hall–Kier alpha value is -2.56. The van der Waals surface area contributed by atoms with Crippen LogP contribution in [0, 0.1) is 17.2 Å². The van der Waals surface area contributed by atoms with Crippen molar-refractivity contribution in [3.05, 3.63) is 30.1 Å². The third kappa shape index (κ3) is 4.39. The van der Waals surface area contributed by atoms with Crippen molar-refractivity contribution in [2.75, 3.05) is 31.6 Å². The van der Waals surface area contributed by atoms with Gasteiger partial charge in [-0.2, -0.15) is 5.26 Å². The highest BCUT2D eigenvalue weighted by Gasteiger charge is 2.33. The van der Waals surface area contributed by atoms with E-state index in [2.05, 4.69) is 32.8 Å². The van der Waals surface area contributed by atoms with Crippen LogP contribution in [0.3, 0.4) is 0 Å². The molecule has 29 heavy (non-hydrogen) atoms. The van der Waals surface area contributed by atoms with Crippen molar-refractivity contribution in [2.24, 2.45) is 11.7 Å². The first-order chi connectivity index (χ1) is 14.0. The second-order valence-electron chi connectivity index (χ2n) is 7.98. The Morgan fingerprint density at radius 1 is 1.34 bits per heavy atom. The summed E-state index contributed by atoms with van der Waals surface area (Å²) in [4.78, 5) is 26.0. The molecule has 7 nitrogen and oxygen atoms in total. The number of carbonyl (C=O) groups excluding carboxylic acids is 1. The molecule has 3 atom stereocenters. The maximum atomic E-state index is 12.5. The van der Waals surface area contributed by atoms with Crippen molar-refractivity contribution >= 4 is 22.5 Å². The first kappa shape index (κ1) is 21.2. The van der Waals surface area contributed by atoms with Gasteiger partial charge in [0.05, 0.1) is 17.3 Å². The molecule has 0 aliphatic carbocycles. The van der Waals surface area contributed by atoms with Gasteiger partial charge in [0.25, 0.3) is 0 Å². The van der Waals surface area contributed by atoms with Crippen LogP contribution in [0.15, 0.2) is 24.5 Å². The number of nitriles is 1. The quantitative estimate of drug-likeness (QED) is 0.769. The average molecular weight is 395 g/mol. The van der Waals surface area contributed by atoms with Crippen molar-refractivity contribution in [3.63, 3.8) is 0 Å². The van der Waals surface area contributed by atoms with Crippen molar-refractivity contribution in [1.29, 1.82) is 5.26 Å². The smallest absolute Gasteiger partial charge is 0.149 e. The third-order valence-electron chi connectivity index (χ3n) is 5.93. The Morgan fingerprint density at radius 2 is 2.07 bits per heavy atom. The number of fused-ring (bicyclic) bond motifs is 1. The molecular weight excluding hydrogens is 364 g/mol. The van der Waals surface area contributed by atoms with Crippen molar-refractivity contribution in [1.82, 2.24) is 14.9 Å². The van der Waals surface area contributed by atoms with Crippen molar-refractivity contribution in [3.8, 4) is 6.07 Å². The van der Waals surface area contributed by atoms with E-state index < -0.39 is 0 Å². The first-order valence-electron chi connectivity index (χ1n) is 10.3. The predicted octanol–water partition coefficient (Wildman–Crippen LogP) is 2.34. The topological polar surface area (TPSA) is 99.1 Å². The van der Waals surface area contributed by atoms with Gasteiger partial charge in [-0.05, 0) is 44.5 Å². The van der Waals surface area contributed by atoms with Crippen LogP contribution in [0.25, 0.3) is 11.0 Å². The largest absolute Gasteiger partial charge is 0.368 e. The fourth-order valence-electron chi connectivity index (χ4n) is 4.44. The lowest BCUT2D eigenvalue weighted by molar-refractivity contribution is -0.124. The van der Waals surface area contributed by atoms with Gasteiger partial charge in [0.2, 0.25) is 0 Å². The molecule has 0 bridgehead atoms. The van der Waals surface area contributed by atoms with Gasteiger partial charge in [-0.25, -0.2) is 0 Å². The summed E-state index contributed by atoms with van der Waals surface area (Å²) in [5, 5.41) is 9.40. The van der Waals surface area contributed by atoms with Gasteiger partial charge >= 0.3 is 0 Å². The molecule has 1 aliphatic rings. The molecule has 1 fully saturated rings. The highest BCUT2D eigenvalue weighted by atomic mass is 16.1. The maximum absolute atomic E-state index is 12.5. The molecule has 1 aliphatic heterocycles. The Bertz CT molecular complexity index is 908. The lowest BCUT2D eigenvalue weighted by atomic mass is 9.92. The van der Waals surface area contributed by atoms with E-state index >= 15 is 0 Å². The van der Waals surface area contributed by atoms with Crippen LogP contribution in [-0.4, -0.2) is 59.4 Å². The normalized spacial score (nSPS) is 20.6. The molecule has 1 unspecified atom stereocenters. The summed E-state index contributed by atoms with van der Waals surface area (Å²) < 4.78 is 0. The van der Waals surface area contributed by atoms with Gasteiger partial charge in [0, 0.05) is 37.9 Å². The highest BCUT2D eigenvalue weighted by Crippen LogP contribution is 2.31. The number of hydrogen-bond donors (Lipinski definition) is 1. The third-order valence-corrected chi connectivity index (χ3v) is 5.93. The summed E-state index contributed by atoms with van der Waals surface area (Å²) in [6, 6.07) is 6.10. The summed E-state index contributed by atoms with van der Waals surface area (Å²) in [6.07, 6.45) is 5.53. The lowest BCUT2D eigenvalue weighted by Gasteiger charge is -2.44. The number of anilines is 1. The number of ketones is 1. The Kier molecular flexibility index (Phi) is 6.78. The van der Waals surface area contributed by atoms with E-state index in [0.29, 0.717) is 36.4 Å². The predicted molar refractivity (Wildman–Crippen MR) is 115 cm³/mol. The van der Waals surface area contributed by atoms with E-state index in [-0.39, 0.29) is 17.9 Å². The number of aromatic nitrogens is 2. The van der Waals surface area contributed by atoms with Crippen LogP contribution in [0.5, 0.6) is 0 Å². The minimum absolute atomic E-state index is 0.139. The molecule has 1 saturated heterocycles. The number of likely N-dealkylation sites (N-methyl/N-ethyl adjacent to an activating group) is 1. The van der Waals surface area contributed by atoms with E-state index in [0.717, 1.165) is 30.7 Å². The average Bonchev–Trinajstić information content (AvgIpc) is 2.75. The summed E-state index contributed by atoms with van der Waals surface area (Å²) in [7, 11) is 2.05. The Morgan fingerprint density at radius 3 is 2.72 bits per heavy atom. The molecule has 0 spiro atoms. The zero-order valence-electron chi connectivity index (χ0n) is 17.5. The molecule has 2 heterocycles. The lowest BCUT2D eigenvalue weighted by Crippen LogP contribution is -2.54. The minimum atomic E-state index is -0.139. The number of rotatable bonds is 7. The van der Waals surface area contributed by atoms with Crippen LogP contribution in [0.1, 0.15) is 38.7 Å². The fraction of sp³-hybridized carbons (Fsp3) is 0.545. The molecule has 0 radical (unpaired) electrons. The zero-order chi connectivity index (χ0) is 21.0. The molecule has 7 heteroatoms. The molecule has 154 valence electrons. The Labute approximate surface area is 172 Å². The van der Waals surface area contributed by atoms with E-state index in [1.807, 2.05) is 26.1 Å². The summed E-state index contributed by atoms with van der Waals surface area (Å²) >= 11 is 0. The number of hydrogen-bond acceptors (Lipinski definition) is 7. The molecule has 3 rings (SSSR count). The van der Waals surface area contributed by atoms with Crippen LogP contribution in [0.4, 0.5) is 5.69 Å². The second-order valence-corrected chi connectivity index (χ2v) is 7.98. The van der Waals surface area contributed by atoms with Gasteiger partial charge in [0.15, 0.2) is 0 Å². The van der Waals surface area contributed by atoms with Crippen LogP contribution in [-0.2, 0) is 4.79 Å². The fourth-order valence-corrected chi connectivity index (χ4v) is 4.44. The molecule has 1 aromatic carbocycles. The zero-order valence-corrected chi connectivity index (χ0v) is 17.5. The second kappa shape index (κ2) is 9.29. The van der Waals surface area contributed by atoms with Gasteiger partial charge in [-0.1, -0.05) is 13.8 Å². The number of Topliss-reactive ketones (excluding diaryl/α,β-unsaturated/α-hetero) is 1. The number of nitrogens with two attached hydrogens (primary N) is 1. The highest BCUT2D eigenvalue weighted by molar-refractivity contribution is 5.92. The number of piperidine rings is 1. The van der Waals surface area contributed by atoms with E-state index in [1.54, 1.807) is 12.4 Å². The van der Waals surface area contributed by atoms with E-state index in [1.165, 1.54) is 0 Å². The Balaban J connectivity index is 1.92. The molecular formula is C22H30N6O. The summed E-state index contributed by atoms with van der Waals surface area (Å²) in [6.45, 7) is 6.37. The van der Waals surface area contributed by atoms with Crippen LogP contribution < -0.4 is 10.6 Å². The van der Waals surface area contributed by atoms with Crippen LogP contribution >= 0.6 is 0 Å². The molecule has 1 aromatic heterocycles. The first-order valence-corrected chi connectivity index (χ1v) is 10.3. The van der Waals surface area contributed by atoms with Crippen molar-refractivity contribution < 1.29 is 4.79 Å². The SMILES string of the molecule is CCC(=O)C(CCN)N(C)[C@@H]1C[C@H](C)CN(c2ccc(C#N)c3nccnc23)C1. The molecule has 0 amide bonds. The molecule has 2 N–H and O–H groups in total. The van der Waals surface area contributed by atoms with Crippen molar-refractivity contribution in [2.45, 2.75) is 45.2 Å². The number of carbonyl (C=O) groups is 1. The van der Waals surface area contributed by atoms with Gasteiger partial charge in [-0.15, -0.1) is 0 Å². The van der Waals surface area contributed by atoms with Gasteiger partial charge < -0.3 is 10.6 Å². The molecule has 2 aromatic rings. The standard InChI is InChI=1S/C22H30N6O/c1-4-20(29)18(7-8-23)27(3)17-11-15(2)13-28(14-17)19-6-5-16(12-24)21-22(19)26-10-9-25-21/h5-6,9-10,15,17-18H,4,7-8,11,13-14,23H2,1-3H3/t15-,17+,18?/m0/s1.